The SMILES string of the molecule is Cc1cc(N)c(C)c(-c2cc(N)ccc2NCCO)c1. The minimum absolute atomic E-state index is 0.0821. The van der Waals surface area contributed by atoms with Crippen molar-refractivity contribution in [2.24, 2.45) is 0 Å². The molecular weight excluding hydrogens is 250 g/mol. The molecule has 0 heterocycles. The van der Waals surface area contributed by atoms with Gasteiger partial charge in [0.2, 0.25) is 0 Å². The van der Waals surface area contributed by atoms with Crippen molar-refractivity contribution in [1.29, 1.82) is 0 Å². The third kappa shape index (κ3) is 2.86. The van der Waals surface area contributed by atoms with Crippen LogP contribution < -0.4 is 16.8 Å². The summed E-state index contributed by atoms with van der Waals surface area (Å²) < 4.78 is 0. The van der Waals surface area contributed by atoms with Gasteiger partial charge < -0.3 is 21.9 Å². The van der Waals surface area contributed by atoms with Crippen LogP contribution in [-0.4, -0.2) is 18.3 Å². The van der Waals surface area contributed by atoms with Crippen LogP contribution in [0.15, 0.2) is 30.3 Å². The maximum Gasteiger partial charge on any atom is 0.0604 e. The maximum absolute atomic E-state index is 8.98. The standard InChI is InChI=1S/C16H21N3O/c1-10-7-13(11(2)15(18)8-10)14-9-12(17)3-4-16(14)19-5-6-20/h3-4,7-9,19-20H,5-6,17-18H2,1-2H3. The van der Waals surface area contributed by atoms with E-state index in [4.69, 9.17) is 16.6 Å². The predicted octanol–water partition coefficient (Wildman–Crippen LogP) is 2.54. The number of aliphatic hydroxyl groups is 1. The number of nitrogen functional groups attached to an aromatic ring is 2. The fourth-order valence-corrected chi connectivity index (χ4v) is 2.30. The monoisotopic (exact) mass is 271 g/mol. The third-order valence-electron chi connectivity index (χ3n) is 3.35. The molecule has 0 unspecified atom stereocenters. The van der Waals surface area contributed by atoms with E-state index in [1.54, 1.807) is 0 Å². The topological polar surface area (TPSA) is 84.3 Å². The second-order valence-electron chi connectivity index (χ2n) is 4.98. The zero-order chi connectivity index (χ0) is 14.7. The van der Waals surface area contributed by atoms with Crippen LogP contribution in [0.25, 0.3) is 11.1 Å². The molecule has 6 N–H and O–H groups in total. The quantitative estimate of drug-likeness (QED) is 0.644. The molecule has 0 saturated carbocycles. The first-order valence-electron chi connectivity index (χ1n) is 6.64. The molecule has 20 heavy (non-hydrogen) atoms. The number of benzene rings is 2. The lowest BCUT2D eigenvalue weighted by atomic mass is 9.95. The van der Waals surface area contributed by atoms with Crippen LogP contribution in [0.2, 0.25) is 0 Å². The zero-order valence-corrected chi connectivity index (χ0v) is 11.9. The molecule has 2 rings (SSSR count). The van der Waals surface area contributed by atoms with E-state index in [1.165, 1.54) is 0 Å². The number of aryl methyl sites for hydroxylation is 1. The number of anilines is 3. The summed E-state index contributed by atoms with van der Waals surface area (Å²) in [4.78, 5) is 0. The zero-order valence-electron chi connectivity index (χ0n) is 11.9. The molecule has 0 saturated heterocycles. The van der Waals surface area contributed by atoms with Crippen LogP contribution in [0.4, 0.5) is 17.1 Å². The Morgan fingerprint density at radius 2 is 1.80 bits per heavy atom. The highest BCUT2D eigenvalue weighted by atomic mass is 16.3. The Bertz CT molecular complexity index is 623. The van der Waals surface area contributed by atoms with Gasteiger partial charge in [0.05, 0.1) is 6.61 Å². The van der Waals surface area contributed by atoms with Crippen molar-refractivity contribution < 1.29 is 5.11 Å². The van der Waals surface area contributed by atoms with Gasteiger partial charge in [0.1, 0.15) is 0 Å². The molecule has 2 aromatic carbocycles. The minimum Gasteiger partial charge on any atom is -0.399 e. The van der Waals surface area contributed by atoms with Gasteiger partial charge >= 0.3 is 0 Å². The van der Waals surface area contributed by atoms with Gasteiger partial charge in [-0.25, -0.2) is 0 Å². The molecule has 0 atom stereocenters. The molecular formula is C16H21N3O. The van der Waals surface area contributed by atoms with Gasteiger partial charge in [0.25, 0.3) is 0 Å². The lowest BCUT2D eigenvalue weighted by Crippen LogP contribution is -2.07. The molecule has 0 aliphatic heterocycles. The normalized spacial score (nSPS) is 10.6. The summed E-state index contributed by atoms with van der Waals surface area (Å²) in [5.41, 5.74) is 18.6. The van der Waals surface area contributed by atoms with Crippen molar-refractivity contribution in [2.45, 2.75) is 13.8 Å². The Hall–Kier alpha value is -2.20. The minimum atomic E-state index is 0.0821. The molecule has 4 heteroatoms. The number of nitrogens with one attached hydrogen (secondary N) is 1. The Balaban J connectivity index is 2.59. The van der Waals surface area contributed by atoms with E-state index < -0.39 is 0 Å². The Labute approximate surface area is 119 Å². The van der Waals surface area contributed by atoms with Crippen LogP contribution in [0, 0.1) is 13.8 Å². The van der Waals surface area contributed by atoms with E-state index in [9.17, 15) is 0 Å². The Morgan fingerprint density at radius 3 is 2.50 bits per heavy atom. The van der Waals surface area contributed by atoms with Gasteiger partial charge in [-0.05, 0) is 54.8 Å². The summed E-state index contributed by atoms with van der Waals surface area (Å²) in [6.45, 7) is 4.60. The van der Waals surface area contributed by atoms with Gasteiger partial charge in [0.15, 0.2) is 0 Å². The molecule has 0 aliphatic rings. The molecule has 2 aromatic rings. The number of aliphatic hydroxyl groups excluding tert-OH is 1. The second kappa shape index (κ2) is 5.84. The fraction of sp³-hybridized carbons (Fsp3) is 0.250. The van der Waals surface area contributed by atoms with Gasteiger partial charge in [-0.3, -0.25) is 0 Å². The van der Waals surface area contributed by atoms with Crippen LogP contribution in [0.5, 0.6) is 0 Å². The van der Waals surface area contributed by atoms with Crippen molar-refractivity contribution in [1.82, 2.24) is 0 Å². The van der Waals surface area contributed by atoms with Crippen molar-refractivity contribution in [3.05, 3.63) is 41.5 Å². The molecule has 0 spiro atoms. The molecule has 106 valence electrons. The van der Waals surface area contributed by atoms with E-state index in [-0.39, 0.29) is 6.61 Å². The number of hydrogen-bond acceptors (Lipinski definition) is 4. The summed E-state index contributed by atoms with van der Waals surface area (Å²) in [5.74, 6) is 0. The van der Waals surface area contributed by atoms with Crippen molar-refractivity contribution >= 4 is 17.1 Å². The summed E-state index contributed by atoms with van der Waals surface area (Å²) in [6.07, 6.45) is 0. The van der Waals surface area contributed by atoms with E-state index in [2.05, 4.69) is 11.4 Å². The van der Waals surface area contributed by atoms with Gasteiger partial charge in [-0.1, -0.05) is 6.07 Å². The molecule has 0 bridgehead atoms. The third-order valence-corrected chi connectivity index (χ3v) is 3.35. The van der Waals surface area contributed by atoms with Crippen LogP contribution in [0.3, 0.4) is 0 Å². The Kier molecular flexibility index (Phi) is 4.15. The first-order chi connectivity index (χ1) is 9.52. The average molecular weight is 271 g/mol. The molecule has 0 aromatic heterocycles. The summed E-state index contributed by atoms with van der Waals surface area (Å²) >= 11 is 0. The summed E-state index contributed by atoms with van der Waals surface area (Å²) in [5, 5.41) is 12.2. The van der Waals surface area contributed by atoms with Gasteiger partial charge in [0, 0.05) is 29.2 Å². The van der Waals surface area contributed by atoms with Crippen LogP contribution in [-0.2, 0) is 0 Å². The highest BCUT2D eigenvalue weighted by Crippen LogP contribution is 2.35. The highest BCUT2D eigenvalue weighted by molar-refractivity contribution is 5.85. The van der Waals surface area contributed by atoms with Crippen molar-refractivity contribution in [3.63, 3.8) is 0 Å². The second-order valence-corrected chi connectivity index (χ2v) is 4.98. The van der Waals surface area contributed by atoms with Gasteiger partial charge in [-0.15, -0.1) is 0 Å². The van der Waals surface area contributed by atoms with Gasteiger partial charge in [-0.2, -0.15) is 0 Å². The van der Waals surface area contributed by atoms with E-state index in [1.807, 2.05) is 38.1 Å². The van der Waals surface area contributed by atoms with Crippen molar-refractivity contribution in [3.8, 4) is 11.1 Å². The summed E-state index contributed by atoms with van der Waals surface area (Å²) in [7, 11) is 0. The number of rotatable bonds is 4. The Morgan fingerprint density at radius 1 is 1.05 bits per heavy atom. The van der Waals surface area contributed by atoms with Crippen LogP contribution >= 0.6 is 0 Å². The molecule has 0 aliphatic carbocycles. The van der Waals surface area contributed by atoms with Crippen LogP contribution in [0.1, 0.15) is 11.1 Å². The molecule has 0 amide bonds. The molecule has 4 nitrogen and oxygen atoms in total. The van der Waals surface area contributed by atoms with Crippen molar-refractivity contribution in [2.75, 3.05) is 29.9 Å². The maximum atomic E-state index is 8.98. The predicted molar refractivity (Wildman–Crippen MR) is 85.8 cm³/mol. The van der Waals surface area contributed by atoms with E-state index in [0.717, 1.165) is 33.6 Å². The highest BCUT2D eigenvalue weighted by Gasteiger charge is 2.11. The summed E-state index contributed by atoms with van der Waals surface area (Å²) in [6, 6.07) is 9.77. The van der Waals surface area contributed by atoms with E-state index in [0.29, 0.717) is 12.2 Å². The largest absolute Gasteiger partial charge is 0.399 e. The lowest BCUT2D eigenvalue weighted by Gasteiger charge is -2.16. The number of nitrogens with two attached hydrogens (primary N) is 2. The fourth-order valence-electron chi connectivity index (χ4n) is 2.30. The number of hydrogen-bond donors (Lipinski definition) is 4. The smallest absolute Gasteiger partial charge is 0.0604 e. The molecule has 0 fully saturated rings. The molecule has 0 radical (unpaired) electrons. The first kappa shape index (κ1) is 14.2. The van der Waals surface area contributed by atoms with E-state index >= 15 is 0 Å². The average Bonchev–Trinajstić information content (AvgIpc) is 2.41. The lowest BCUT2D eigenvalue weighted by molar-refractivity contribution is 0.311. The first-order valence-corrected chi connectivity index (χ1v) is 6.64.